The maximum atomic E-state index is 4.77. The number of aromatic nitrogens is 2. The zero-order chi connectivity index (χ0) is 14.4. The van der Waals surface area contributed by atoms with Crippen LogP contribution in [0.1, 0.15) is 0 Å². The van der Waals surface area contributed by atoms with Crippen molar-refractivity contribution in [1.82, 2.24) is 9.38 Å². The number of nitrogens with zero attached hydrogens (tertiary/aromatic N) is 2. The maximum Gasteiger partial charge on any atom is 0.169 e. The molecule has 0 radical (unpaired) electrons. The molecular formula is C17H16N4. The van der Waals surface area contributed by atoms with Crippen LogP contribution in [0.25, 0.3) is 27.3 Å². The van der Waals surface area contributed by atoms with Crippen LogP contribution in [0.5, 0.6) is 0 Å². The Morgan fingerprint density at radius 1 is 0.810 bits per heavy atom. The fourth-order valence-electron chi connectivity index (χ4n) is 3.05. The van der Waals surface area contributed by atoms with Gasteiger partial charge < -0.3 is 10.6 Å². The average molecular weight is 276 g/mol. The van der Waals surface area contributed by atoms with Gasteiger partial charge in [0.2, 0.25) is 0 Å². The molecule has 21 heavy (non-hydrogen) atoms. The monoisotopic (exact) mass is 276 g/mol. The molecule has 0 fully saturated rings. The third-order valence-electron chi connectivity index (χ3n) is 3.95. The van der Waals surface area contributed by atoms with Crippen LogP contribution in [-0.4, -0.2) is 23.5 Å². The van der Waals surface area contributed by atoms with E-state index in [0.29, 0.717) is 0 Å². The summed E-state index contributed by atoms with van der Waals surface area (Å²) in [4.78, 5) is 4.77. The molecule has 0 amide bonds. The van der Waals surface area contributed by atoms with Gasteiger partial charge in [0, 0.05) is 24.9 Å². The molecule has 0 bridgehead atoms. The van der Waals surface area contributed by atoms with E-state index in [4.69, 9.17) is 4.98 Å². The lowest BCUT2D eigenvalue weighted by molar-refractivity contribution is 1.25. The summed E-state index contributed by atoms with van der Waals surface area (Å²) in [7, 11) is 3.82. The van der Waals surface area contributed by atoms with Gasteiger partial charge in [-0.15, -0.1) is 0 Å². The first-order valence-electron chi connectivity index (χ1n) is 7.02. The molecule has 0 saturated carbocycles. The number of hydrogen-bond acceptors (Lipinski definition) is 3. The smallest absolute Gasteiger partial charge is 0.169 e. The van der Waals surface area contributed by atoms with Crippen molar-refractivity contribution in [2.24, 2.45) is 0 Å². The van der Waals surface area contributed by atoms with Crippen LogP contribution in [0.15, 0.2) is 48.5 Å². The molecule has 2 aromatic heterocycles. The van der Waals surface area contributed by atoms with Crippen molar-refractivity contribution in [1.29, 1.82) is 0 Å². The van der Waals surface area contributed by atoms with Gasteiger partial charge in [-0.05, 0) is 11.5 Å². The molecule has 2 N–H and O–H groups in total. The minimum Gasteiger partial charge on any atom is -0.371 e. The number of pyridine rings is 1. The Morgan fingerprint density at radius 3 is 2.19 bits per heavy atom. The van der Waals surface area contributed by atoms with Gasteiger partial charge in [-0.3, -0.25) is 4.40 Å². The molecule has 4 heteroatoms. The summed E-state index contributed by atoms with van der Waals surface area (Å²) in [5.74, 6) is 1.84. The molecule has 0 aliphatic heterocycles. The molecule has 0 saturated heterocycles. The topological polar surface area (TPSA) is 41.4 Å². The van der Waals surface area contributed by atoms with E-state index in [1.165, 1.54) is 10.8 Å². The molecule has 4 rings (SSSR count). The molecular weight excluding hydrogens is 260 g/mol. The first kappa shape index (κ1) is 12.0. The molecule has 0 aliphatic rings. The van der Waals surface area contributed by atoms with Crippen LogP contribution in [-0.2, 0) is 0 Å². The number of hydrogen-bond donors (Lipinski definition) is 2. The highest BCUT2D eigenvalue weighted by Gasteiger charge is 2.15. The molecule has 104 valence electrons. The minimum absolute atomic E-state index is 0.860. The van der Waals surface area contributed by atoms with Crippen LogP contribution < -0.4 is 10.6 Å². The summed E-state index contributed by atoms with van der Waals surface area (Å²) in [6.07, 6.45) is 0. The number of anilines is 2. The van der Waals surface area contributed by atoms with Gasteiger partial charge in [-0.1, -0.05) is 42.5 Å². The van der Waals surface area contributed by atoms with Gasteiger partial charge in [-0.25, -0.2) is 4.98 Å². The van der Waals surface area contributed by atoms with Crippen LogP contribution in [0.4, 0.5) is 11.6 Å². The molecule has 0 spiro atoms. The normalized spacial score (nSPS) is 11.3. The Kier molecular flexibility index (Phi) is 2.51. The molecule has 4 aromatic rings. The number of rotatable bonds is 2. The van der Waals surface area contributed by atoms with E-state index in [-0.39, 0.29) is 0 Å². The maximum absolute atomic E-state index is 4.77. The van der Waals surface area contributed by atoms with Crippen LogP contribution in [0.2, 0.25) is 0 Å². The van der Waals surface area contributed by atoms with Gasteiger partial charge >= 0.3 is 0 Å². The first-order chi connectivity index (χ1) is 10.3. The average Bonchev–Trinajstić information content (AvgIpc) is 2.94. The highest BCUT2D eigenvalue weighted by atomic mass is 15.2. The number of nitrogens with one attached hydrogen (secondary N) is 2. The van der Waals surface area contributed by atoms with Gasteiger partial charge in [-0.2, -0.15) is 0 Å². The Bertz CT molecular complexity index is 969. The van der Waals surface area contributed by atoms with Gasteiger partial charge in [0.05, 0.1) is 5.52 Å². The fraction of sp³-hybridized carbons (Fsp3) is 0.118. The van der Waals surface area contributed by atoms with Crippen molar-refractivity contribution < 1.29 is 0 Å². The van der Waals surface area contributed by atoms with Gasteiger partial charge in [0.25, 0.3) is 0 Å². The summed E-state index contributed by atoms with van der Waals surface area (Å²) in [6.45, 7) is 0. The van der Waals surface area contributed by atoms with E-state index in [0.717, 1.165) is 28.2 Å². The van der Waals surface area contributed by atoms with Crippen molar-refractivity contribution in [3.8, 4) is 0 Å². The minimum atomic E-state index is 0.860. The molecule has 4 nitrogen and oxygen atoms in total. The molecule has 2 aromatic carbocycles. The Labute approximate surface area is 122 Å². The van der Waals surface area contributed by atoms with Crippen molar-refractivity contribution in [3.63, 3.8) is 0 Å². The lowest BCUT2D eigenvalue weighted by atomic mass is 10.1. The quantitative estimate of drug-likeness (QED) is 0.548. The van der Waals surface area contributed by atoms with Crippen molar-refractivity contribution in [3.05, 3.63) is 48.5 Å². The Balaban J connectivity index is 2.38. The highest BCUT2D eigenvalue weighted by Crippen LogP contribution is 2.34. The SMILES string of the molecule is CNc1nc2c3ccccc3c3ccccc3n2c1NC. The second-order valence-corrected chi connectivity index (χ2v) is 5.03. The van der Waals surface area contributed by atoms with E-state index in [9.17, 15) is 0 Å². The molecule has 0 unspecified atom stereocenters. The predicted molar refractivity (Wildman–Crippen MR) is 89.3 cm³/mol. The van der Waals surface area contributed by atoms with Gasteiger partial charge in [0.15, 0.2) is 11.6 Å². The molecule has 2 heterocycles. The lowest BCUT2D eigenvalue weighted by Gasteiger charge is -2.10. The Hall–Kier alpha value is -2.75. The van der Waals surface area contributed by atoms with Gasteiger partial charge in [0.1, 0.15) is 5.65 Å². The Morgan fingerprint density at radius 2 is 1.48 bits per heavy atom. The summed E-state index contributed by atoms with van der Waals surface area (Å²) in [6, 6.07) is 16.9. The molecule has 0 atom stereocenters. The third-order valence-corrected chi connectivity index (χ3v) is 3.95. The van der Waals surface area contributed by atoms with Crippen molar-refractivity contribution in [2.45, 2.75) is 0 Å². The van der Waals surface area contributed by atoms with Crippen LogP contribution in [0, 0.1) is 0 Å². The van der Waals surface area contributed by atoms with Crippen LogP contribution >= 0.6 is 0 Å². The standard InChI is InChI=1S/C17H16N4/c1-18-15-17(19-2)21-14-10-6-5-8-12(14)11-7-3-4-9-13(11)16(21)20-15/h3-10,18-19H,1-2H3. The zero-order valence-corrected chi connectivity index (χ0v) is 12.0. The van der Waals surface area contributed by atoms with Crippen LogP contribution in [0.3, 0.4) is 0 Å². The second kappa shape index (κ2) is 4.38. The largest absolute Gasteiger partial charge is 0.371 e. The molecule has 0 aliphatic carbocycles. The summed E-state index contributed by atoms with van der Waals surface area (Å²) >= 11 is 0. The summed E-state index contributed by atoms with van der Waals surface area (Å²) < 4.78 is 2.18. The summed E-state index contributed by atoms with van der Waals surface area (Å²) in [5, 5.41) is 10.1. The van der Waals surface area contributed by atoms with Crippen molar-refractivity contribution >= 4 is 39.0 Å². The van der Waals surface area contributed by atoms with E-state index >= 15 is 0 Å². The predicted octanol–water partition coefficient (Wildman–Crippen LogP) is 3.72. The zero-order valence-electron chi connectivity index (χ0n) is 12.0. The van der Waals surface area contributed by atoms with E-state index in [1.54, 1.807) is 0 Å². The number of imidazole rings is 1. The third kappa shape index (κ3) is 1.53. The van der Waals surface area contributed by atoms with Crippen molar-refractivity contribution in [2.75, 3.05) is 24.7 Å². The number of fused-ring (bicyclic) bond motifs is 6. The first-order valence-corrected chi connectivity index (χ1v) is 7.02. The fourth-order valence-corrected chi connectivity index (χ4v) is 3.05. The van der Waals surface area contributed by atoms with E-state index in [1.807, 2.05) is 14.1 Å². The van der Waals surface area contributed by atoms with E-state index in [2.05, 4.69) is 63.6 Å². The highest BCUT2D eigenvalue weighted by molar-refractivity contribution is 6.12. The lowest BCUT2D eigenvalue weighted by Crippen LogP contribution is -1.99. The van der Waals surface area contributed by atoms with E-state index < -0.39 is 0 Å². The second-order valence-electron chi connectivity index (χ2n) is 5.03. The number of para-hydroxylation sites is 1. The summed E-state index contributed by atoms with van der Waals surface area (Å²) in [5.41, 5.74) is 2.13. The number of benzene rings is 2.